The van der Waals surface area contributed by atoms with Crippen LogP contribution in [0.5, 0.6) is 0 Å². The molecule has 1 N–H and O–H groups in total. The van der Waals surface area contributed by atoms with E-state index >= 15 is 0 Å². The van der Waals surface area contributed by atoms with Crippen LogP contribution in [0.1, 0.15) is 44.3 Å². The molecule has 1 heterocycles. The van der Waals surface area contributed by atoms with Gasteiger partial charge in [0.2, 0.25) is 0 Å². The second-order valence-corrected chi connectivity index (χ2v) is 5.14. The van der Waals surface area contributed by atoms with Crippen molar-refractivity contribution >= 4 is 11.3 Å². The lowest BCUT2D eigenvalue weighted by Crippen LogP contribution is -2.23. The fourth-order valence-electron chi connectivity index (χ4n) is 1.45. The van der Waals surface area contributed by atoms with E-state index in [1.807, 2.05) is 0 Å². The average Bonchev–Trinajstić information content (AvgIpc) is 2.61. The van der Waals surface area contributed by atoms with Gasteiger partial charge in [0, 0.05) is 11.4 Å². The number of rotatable bonds is 7. The van der Waals surface area contributed by atoms with Crippen molar-refractivity contribution in [2.75, 3.05) is 6.54 Å². The highest BCUT2D eigenvalue weighted by Crippen LogP contribution is 2.12. The fourth-order valence-corrected chi connectivity index (χ4v) is 2.39. The van der Waals surface area contributed by atoms with Crippen molar-refractivity contribution in [3.05, 3.63) is 16.1 Å². The Morgan fingerprint density at radius 3 is 2.87 bits per heavy atom. The molecule has 0 aliphatic rings. The second kappa shape index (κ2) is 6.96. The number of hydrogen-bond acceptors (Lipinski definition) is 3. The normalized spacial score (nSPS) is 11.2. The van der Waals surface area contributed by atoms with Crippen LogP contribution in [0.25, 0.3) is 0 Å². The van der Waals surface area contributed by atoms with Crippen LogP contribution in [-0.4, -0.2) is 17.6 Å². The van der Waals surface area contributed by atoms with E-state index in [-0.39, 0.29) is 0 Å². The fraction of sp³-hybridized carbons (Fsp3) is 0.750. The average molecular weight is 226 g/mol. The summed E-state index contributed by atoms with van der Waals surface area (Å²) in [4.78, 5) is 4.61. The number of nitrogens with one attached hydrogen (secondary N) is 1. The van der Waals surface area contributed by atoms with E-state index in [1.165, 1.54) is 23.5 Å². The predicted octanol–water partition coefficient (Wildman–Crippen LogP) is 3.03. The molecule has 0 unspecified atom stereocenters. The second-order valence-electron chi connectivity index (χ2n) is 4.19. The van der Waals surface area contributed by atoms with Crippen LogP contribution in [-0.2, 0) is 12.8 Å². The van der Waals surface area contributed by atoms with Gasteiger partial charge >= 0.3 is 0 Å². The van der Waals surface area contributed by atoms with Crippen LogP contribution in [0.2, 0.25) is 0 Å². The molecule has 1 aromatic heterocycles. The first-order valence-corrected chi connectivity index (χ1v) is 6.77. The van der Waals surface area contributed by atoms with E-state index in [4.69, 9.17) is 0 Å². The summed E-state index contributed by atoms with van der Waals surface area (Å²) in [7, 11) is 0. The number of thiazole rings is 1. The summed E-state index contributed by atoms with van der Waals surface area (Å²) in [5, 5.41) is 6.93. The van der Waals surface area contributed by atoms with Gasteiger partial charge in [-0.2, -0.15) is 0 Å². The van der Waals surface area contributed by atoms with Gasteiger partial charge in [-0.25, -0.2) is 4.98 Å². The highest BCUT2D eigenvalue weighted by molar-refractivity contribution is 7.09. The van der Waals surface area contributed by atoms with Gasteiger partial charge in [0.15, 0.2) is 0 Å². The van der Waals surface area contributed by atoms with Crippen molar-refractivity contribution in [3.8, 4) is 0 Å². The summed E-state index contributed by atoms with van der Waals surface area (Å²) in [5.74, 6) is 0. The SMILES string of the molecule is CCCc1nc(CCCNC(C)C)cs1. The molecule has 2 nitrogen and oxygen atoms in total. The number of nitrogens with zero attached hydrogens (tertiary/aromatic N) is 1. The van der Waals surface area contributed by atoms with Gasteiger partial charge in [-0.05, 0) is 32.2 Å². The van der Waals surface area contributed by atoms with Crippen molar-refractivity contribution in [2.24, 2.45) is 0 Å². The summed E-state index contributed by atoms with van der Waals surface area (Å²) in [6, 6.07) is 0.594. The van der Waals surface area contributed by atoms with Gasteiger partial charge in [-0.3, -0.25) is 0 Å². The van der Waals surface area contributed by atoms with Crippen LogP contribution >= 0.6 is 11.3 Å². The number of hydrogen-bond donors (Lipinski definition) is 1. The maximum Gasteiger partial charge on any atom is 0.0928 e. The first-order valence-electron chi connectivity index (χ1n) is 5.89. The molecule has 0 saturated heterocycles. The van der Waals surface area contributed by atoms with Crippen molar-refractivity contribution in [2.45, 2.75) is 52.5 Å². The molecule has 1 rings (SSSR count). The first-order chi connectivity index (χ1) is 7.22. The standard InChI is InChI=1S/C12H22N2S/c1-4-6-12-14-11(9-15-12)7-5-8-13-10(2)3/h9-10,13H,4-8H2,1-3H3. The largest absolute Gasteiger partial charge is 0.315 e. The van der Waals surface area contributed by atoms with E-state index in [2.05, 4.69) is 36.5 Å². The summed E-state index contributed by atoms with van der Waals surface area (Å²) in [5.41, 5.74) is 1.27. The van der Waals surface area contributed by atoms with Gasteiger partial charge < -0.3 is 5.32 Å². The van der Waals surface area contributed by atoms with E-state index < -0.39 is 0 Å². The van der Waals surface area contributed by atoms with Gasteiger partial charge in [0.1, 0.15) is 0 Å². The lowest BCUT2D eigenvalue weighted by atomic mass is 10.2. The Morgan fingerprint density at radius 2 is 2.20 bits per heavy atom. The van der Waals surface area contributed by atoms with Crippen LogP contribution < -0.4 is 5.32 Å². The quantitative estimate of drug-likeness (QED) is 0.723. The van der Waals surface area contributed by atoms with Crippen LogP contribution in [0.3, 0.4) is 0 Å². The topological polar surface area (TPSA) is 24.9 Å². The zero-order chi connectivity index (χ0) is 11.1. The van der Waals surface area contributed by atoms with E-state index in [9.17, 15) is 0 Å². The highest BCUT2D eigenvalue weighted by Gasteiger charge is 2.01. The zero-order valence-corrected chi connectivity index (χ0v) is 10.9. The third-order valence-corrected chi connectivity index (χ3v) is 3.18. The molecule has 0 aromatic carbocycles. The van der Waals surface area contributed by atoms with Crippen LogP contribution in [0, 0.1) is 0 Å². The molecule has 0 spiro atoms. The molecule has 0 radical (unpaired) electrons. The van der Waals surface area contributed by atoms with Gasteiger partial charge in [0.25, 0.3) is 0 Å². The minimum atomic E-state index is 0.594. The summed E-state index contributed by atoms with van der Waals surface area (Å²) in [6.45, 7) is 7.66. The van der Waals surface area contributed by atoms with Gasteiger partial charge in [-0.15, -0.1) is 11.3 Å². The van der Waals surface area contributed by atoms with Gasteiger partial charge in [-0.1, -0.05) is 20.8 Å². The van der Waals surface area contributed by atoms with Crippen molar-refractivity contribution < 1.29 is 0 Å². The molecule has 0 aliphatic carbocycles. The Kier molecular flexibility index (Phi) is 5.88. The van der Waals surface area contributed by atoms with E-state index in [1.54, 1.807) is 11.3 Å². The van der Waals surface area contributed by atoms with Crippen molar-refractivity contribution in [1.82, 2.24) is 10.3 Å². The maximum absolute atomic E-state index is 4.61. The number of aryl methyl sites for hydroxylation is 2. The van der Waals surface area contributed by atoms with E-state index in [0.717, 1.165) is 19.4 Å². The molecular formula is C12H22N2S. The Bertz CT molecular complexity index is 268. The van der Waals surface area contributed by atoms with Crippen molar-refractivity contribution in [1.29, 1.82) is 0 Å². The molecule has 3 heteroatoms. The summed E-state index contributed by atoms with van der Waals surface area (Å²) >= 11 is 1.81. The highest BCUT2D eigenvalue weighted by atomic mass is 32.1. The molecule has 86 valence electrons. The predicted molar refractivity (Wildman–Crippen MR) is 67.6 cm³/mol. The van der Waals surface area contributed by atoms with E-state index in [0.29, 0.717) is 6.04 Å². The molecule has 0 saturated carbocycles. The Balaban J connectivity index is 2.19. The zero-order valence-electron chi connectivity index (χ0n) is 10.0. The third-order valence-electron chi connectivity index (χ3n) is 2.23. The van der Waals surface area contributed by atoms with Gasteiger partial charge in [0.05, 0.1) is 10.7 Å². The summed E-state index contributed by atoms with van der Waals surface area (Å²) in [6.07, 6.45) is 4.63. The minimum Gasteiger partial charge on any atom is -0.315 e. The number of aromatic nitrogens is 1. The molecule has 0 atom stereocenters. The van der Waals surface area contributed by atoms with Crippen LogP contribution in [0.4, 0.5) is 0 Å². The Labute approximate surface area is 97.1 Å². The molecule has 1 aromatic rings. The third kappa shape index (κ3) is 5.28. The van der Waals surface area contributed by atoms with Crippen molar-refractivity contribution in [3.63, 3.8) is 0 Å². The molecule has 0 amide bonds. The maximum atomic E-state index is 4.61. The lowest BCUT2D eigenvalue weighted by Gasteiger charge is -2.06. The summed E-state index contributed by atoms with van der Waals surface area (Å²) < 4.78 is 0. The van der Waals surface area contributed by atoms with Crippen LogP contribution in [0.15, 0.2) is 5.38 Å². The molecule has 15 heavy (non-hydrogen) atoms. The Morgan fingerprint density at radius 1 is 1.40 bits per heavy atom. The monoisotopic (exact) mass is 226 g/mol. The Hall–Kier alpha value is -0.410. The smallest absolute Gasteiger partial charge is 0.0928 e. The molecule has 0 fully saturated rings. The molecular weight excluding hydrogens is 204 g/mol. The first kappa shape index (κ1) is 12.7. The molecule has 0 aliphatic heterocycles. The lowest BCUT2D eigenvalue weighted by molar-refractivity contribution is 0.569. The molecule has 0 bridgehead atoms. The minimum absolute atomic E-state index is 0.594.